The maximum absolute atomic E-state index is 13.9. The maximum atomic E-state index is 13.9. The van der Waals surface area contributed by atoms with Gasteiger partial charge < -0.3 is 14.7 Å². The second-order valence-corrected chi connectivity index (χ2v) is 7.48. The van der Waals surface area contributed by atoms with E-state index >= 15 is 0 Å². The number of rotatable bonds is 11. The molecule has 0 radical (unpaired) electrons. The zero-order chi connectivity index (χ0) is 21.9. The van der Waals surface area contributed by atoms with Crippen molar-refractivity contribution in [3.05, 3.63) is 12.2 Å². The number of halogens is 2. The maximum Gasteiger partial charge on any atom is 0.327 e. The van der Waals surface area contributed by atoms with Gasteiger partial charge in [-0.25, -0.2) is 0 Å². The summed E-state index contributed by atoms with van der Waals surface area (Å²) in [4.78, 5) is 24.3. The van der Waals surface area contributed by atoms with Gasteiger partial charge in [-0.3, -0.25) is 9.59 Å². The Labute approximate surface area is 172 Å². The first kappa shape index (κ1) is 25.1. The summed E-state index contributed by atoms with van der Waals surface area (Å²) in [5, 5.41) is 10.2. The van der Waals surface area contributed by atoms with E-state index in [4.69, 9.17) is 0 Å². The van der Waals surface area contributed by atoms with Gasteiger partial charge in [-0.05, 0) is 18.8 Å². The molecule has 29 heavy (non-hydrogen) atoms. The van der Waals surface area contributed by atoms with Crippen LogP contribution in [0.1, 0.15) is 65.2 Å². The Kier molecular flexibility index (Phi) is 10.9. The van der Waals surface area contributed by atoms with Gasteiger partial charge in [0.2, 0.25) is 0 Å². The smallest absolute Gasteiger partial charge is 0.327 e. The van der Waals surface area contributed by atoms with Crippen LogP contribution in [0.3, 0.4) is 0 Å². The van der Waals surface area contributed by atoms with Gasteiger partial charge in [-0.15, -0.1) is 11.8 Å². The van der Waals surface area contributed by atoms with E-state index in [0.29, 0.717) is 25.7 Å². The predicted octanol–water partition coefficient (Wildman–Crippen LogP) is 3.70. The fraction of sp³-hybridized carbons (Fsp3) is 0.727. The normalized spacial score (nSPS) is 20.4. The molecule has 0 spiro atoms. The van der Waals surface area contributed by atoms with Crippen molar-refractivity contribution >= 4 is 11.9 Å². The van der Waals surface area contributed by atoms with E-state index < -0.39 is 30.4 Å². The molecule has 3 atom stereocenters. The molecule has 7 heteroatoms. The molecule has 1 amide bonds. The molecule has 164 valence electrons. The Morgan fingerprint density at radius 1 is 1.34 bits per heavy atom. The third-order valence-corrected chi connectivity index (χ3v) is 5.04. The molecular formula is C22H33F2NO4. The number of hydrogen-bond acceptors (Lipinski definition) is 4. The van der Waals surface area contributed by atoms with Crippen molar-refractivity contribution in [3.63, 3.8) is 0 Å². The quantitative estimate of drug-likeness (QED) is 0.243. The predicted molar refractivity (Wildman–Crippen MR) is 107 cm³/mol. The van der Waals surface area contributed by atoms with Crippen LogP contribution in [0.15, 0.2) is 12.2 Å². The molecule has 0 aromatic heterocycles. The summed E-state index contributed by atoms with van der Waals surface area (Å²) in [6.45, 7) is 4.02. The van der Waals surface area contributed by atoms with Crippen LogP contribution < -0.4 is 0 Å². The molecule has 0 bridgehead atoms. The number of aliphatic hydroxyl groups is 1. The summed E-state index contributed by atoms with van der Waals surface area (Å²) in [7, 11) is 1.34. The number of likely N-dealkylation sites (tertiary alicyclic amines) is 1. The minimum Gasteiger partial charge on any atom is -0.469 e. The molecule has 5 nitrogen and oxygen atoms in total. The third-order valence-electron chi connectivity index (χ3n) is 5.04. The number of hydrogen-bond donors (Lipinski definition) is 1. The van der Waals surface area contributed by atoms with Crippen molar-refractivity contribution in [2.75, 3.05) is 13.7 Å². The number of carbonyl (C=O) groups is 2. The van der Waals surface area contributed by atoms with E-state index in [1.165, 1.54) is 24.2 Å². The van der Waals surface area contributed by atoms with Gasteiger partial charge >= 0.3 is 11.9 Å². The SMILES string of the molecule is CCC#CC[C@@H](C)[C@@H](O)/C=C/[C@H]1CC(F)(F)C(=O)N1CCCCCCC(=O)OC. The molecule has 0 aromatic rings. The summed E-state index contributed by atoms with van der Waals surface area (Å²) in [5.41, 5.74) is 0. The Hall–Kier alpha value is -1.94. The molecule has 1 aliphatic heterocycles. The molecule has 1 fully saturated rings. The summed E-state index contributed by atoms with van der Waals surface area (Å²) >= 11 is 0. The van der Waals surface area contributed by atoms with E-state index in [1.807, 2.05) is 13.8 Å². The summed E-state index contributed by atoms with van der Waals surface area (Å²) in [6, 6.07) is -0.726. The Morgan fingerprint density at radius 3 is 2.69 bits per heavy atom. The van der Waals surface area contributed by atoms with Gasteiger partial charge in [0.15, 0.2) is 0 Å². The van der Waals surface area contributed by atoms with E-state index in [9.17, 15) is 23.5 Å². The highest BCUT2D eigenvalue weighted by Gasteiger charge is 2.52. The second-order valence-electron chi connectivity index (χ2n) is 7.48. The molecule has 1 rings (SSSR count). The second kappa shape index (κ2) is 12.6. The first-order valence-electron chi connectivity index (χ1n) is 10.3. The first-order valence-corrected chi connectivity index (χ1v) is 10.3. The van der Waals surface area contributed by atoms with E-state index in [2.05, 4.69) is 16.6 Å². The molecule has 0 aromatic carbocycles. The van der Waals surface area contributed by atoms with Gasteiger partial charge in [0.05, 0.1) is 19.3 Å². The summed E-state index contributed by atoms with van der Waals surface area (Å²) in [5.74, 6) is 0.998. The average molecular weight is 414 g/mol. The van der Waals surface area contributed by atoms with Crippen LogP contribution in [0.5, 0.6) is 0 Å². The van der Waals surface area contributed by atoms with Crippen LogP contribution >= 0.6 is 0 Å². The highest BCUT2D eigenvalue weighted by molar-refractivity contribution is 5.86. The van der Waals surface area contributed by atoms with Gasteiger partial charge in [0.25, 0.3) is 5.91 Å². The minimum atomic E-state index is -3.37. The number of amides is 1. The van der Waals surface area contributed by atoms with Gasteiger partial charge in [-0.2, -0.15) is 8.78 Å². The van der Waals surface area contributed by atoms with Crippen molar-refractivity contribution in [1.82, 2.24) is 4.90 Å². The number of aliphatic hydroxyl groups excluding tert-OH is 1. The summed E-state index contributed by atoms with van der Waals surface area (Å²) < 4.78 is 32.4. The van der Waals surface area contributed by atoms with Crippen LogP contribution in [-0.4, -0.2) is 53.6 Å². The fourth-order valence-electron chi connectivity index (χ4n) is 3.18. The molecule has 0 aliphatic carbocycles. The van der Waals surface area contributed by atoms with E-state index in [0.717, 1.165) is 19.3 Å². The molecule has 1 N–H and O–H groups in total. The van der Waals surface area contributed by atoms with Crippen LogP contribution in [0.2, 0.25) is 0 Å². The van der Waals surface area contributed by atoms with Crippen molar-refractivity contribution in [1.29, 1.82) is 0 Å². The number of nitrogens with zero attached hydrogens (tertiary/aromatic N) is 1. The minimum absolute atomic E-state index is 0.119. The largest absolute Gasteiger partial charge is 0.469 e. The topological polar surface area (TPSA) is 66.8 Å². The lowest BCUT2D eigenvalue weighted by Crippen LogP contribution is -2.36. The number of unbranched alkanes of at least 4 members (excludes halogenated alkanes) is 3. The average Bonchev–Trinajstić information content (AvgIpc) is 2.91. The molecule has 1 saturated heterocycles. The van der Waals surface area contributed by atoms with Crippen LogP contribution in [0.4, 0.5) is 8.78 Å². The van der Waals surface area contributed by atoms with Crippen molar-refractivity contribution in [3.8, 4) is 11.8 Å². The van der Waals surface area contributed by atoms with Crippen molar-refractivity contribution in [2.24, 2.45) is 5.92 Å². The third kappa shape index (κ3) is 8.53. The number of alkyl halides is 2. The zero-order valence-electron chi connectivity index (χ0n) is 17.6. The van der Waals surface area contributed by atoms with Crippen molar-refractivity contribution < 1.29 is 28.2 Å². The summed E-state index contributed by atoms with van der Waals surface area (Å²) in [6.07, 6.45) is 6.01. The standard InChI is InChI=1S/C22H33F2NO4/c1-4-5-8-11-17(2)19(26)14-13-18-16-22(23,24)21(28)25(18)15-10-7-6-9-12-20(27)29-3/h13-14,17-19,26H,4,6-7,9-12,15-16H2,1-3H3/b14-13+/t17-,18+,19+/m1/s1. The lowest BCUT2D eigenvalue weighted by molar-refractivity contribution is -0.148. The molecule has 1 heterocycles. The van der Waals surface area contributed by atoms with Crippen LogP contribution in [0.25, 0.3) is 0 Å². The first-order chi connectivity index (χ1) is 13.7. The fourth-order valence-corrected chi connectivity index (χ4v) is 3.18. The molecular weight excluding hydrogens is 380 g/mol. The zero-order valence-corrected chi connectivity index (χ0v) is 17.6. The lowest BCUT2D eigenvalue weighted by Gasteiger charge is -2.22. The van der Waals surface area contributed by atoms with Crippen LogP contribution in [-0.2, 0) is 14.3 Å². The van der Waals surface area contributed by atoms with E-state index in [1.54, 1.807) is 0 Å². The number of carbonyl (C=O) groups excluding carboxylic acids is 2. The number of ether oxygens (including phenoxy) is 1. The number of esters is 1. The van der Waals surface area contributed by atoms with Crippen molar-refractivity contribution in [2.45, 2.75) is 83.3 Å². The highest BCUT2D eigenvalue weighted by atomic mass is 19.3. The monoisotopic (exact) mass is 413 g/mol. The van der Waals surface area contributed by atoms with Gasteiger partial charge in [-0.1, -0.05) is 38.8 Å². The van der Waals surface area contributed by atoms with Gasteiger partial charge in [0, 0.05) is 32.2 Å². The Morgan fingerprint density at radius 2 is 2.03 bits per heavy atom. The molecule has 0 saturated carbocycles. The van der Waals surface area contributed by atoms with E-state index in [-0.39, 0.29) is 18.4 Å². The Balaban J connectivity index is 2.56. The molecule has 1 aliphatic rings. The number of methoxy groups -OCH3 is 1. The van der Waals surface area contributed by atoms with Crippen LogP contribution in [0, 0.1) is 17.8 Å². The highest BCUT2D eigenvalue weighted by Crippen LogP contribution is 2.34. The lowest BCUT2D eigenvalue weighted by atomic mass is 9.99. The Bertz CT molecular complexity index is 624. The van der Waals surface area contributed by atoms with Gasteiger partial charge in [0.1, 0.15) is 0 Å². The molecule has 0 unspecified atom stereocenters.